The first-order chi connectivity index (χ1) is 7.57. The van der Waals surface area contributed by atoms with Crippen molar-refractivity contribution in [2.45, 2.75) is 20.3 Å². The molecule has 0 aliphatic rings. The van der Waals surface area contributed by atoms with E-state index in [9.17, 15) is 9.59 Å². The SMILES string of the molecule is CSOCC(=O)NCCCNC(=O)C(C)C. The Labute approximate surface area is 101 Å². The topological polar surface area (TPSA) is 67.4 Å². The maximum atomic E-state index is 11.2. The van der Waals surface area contributed by atoms with Crippen molar-refractivity contribution in [2.75, 3.05) is 26.0 Å². The van der Waals surface area contributed by atoms with Gasteiger partial charge >= 0.3 is 0 Å². The van der Waals surface area contributed by atoms with E-state index in [2.05, 4.69) is 10.6 Å². The third-order valence-electron chi connectivity index (χ3n) is 1.81. The fourth-order valence-electron chi connectivity index (χ4n) is 0.895. The molecule has 0 saturated heterocycles. The van der Waals surface area contributed by atoms with E-state index >= 15 is 0 Å². The van der Waals surface area contributed by atoms with E-state index in [1.54, 1.807) is 6.26 Å². The predicted molar refractivity (Wildman–Crippen MR) is 64.9 cm³/mol. The van der Waals surface area contributed by atoms with Gasteiger partial charge in [-0.25, -0.2) is 0 Å². The molecule has 0 spiro atoms. The van der Waals surface area contributed by atoms with Crippen LogP contribution in [0, 0.1) is 5.92 Å². The summed E-state index contributed by atoms with van der Waals surface area (Å²) in [4.78, 5) is 22.2. The van der Waals surface area contributed by atoms with Crippen molar-refractivity contribution in [2.24, 2.45) is 5.92 Å². The van der Waals surface area contributed by atoms with Crippen molar-refractivity contribution in [3.05, 3.63) is 0 Å². The Morgan fingerprint density at radius 2 is 1.88 bits per heavy atom. The van der Waals surface area contributed by atoms with E-state index in [-0.39, 0.29) is 24.3 Å². The highest BCUT2D eigenvalue weighted by Gasteiger charge is 2.05. The fraction of sp³-hybridized carbons (Fsp3) is 0.800. The van der Waals surface area contributed by atoms with Gasteiger partial charge in [-0.3, -0.25) is 9.59 Å². The number of nitrogens with one attached hydrogen (secondary N) is 2. The minimum absolute atomic E-state index is 0.00423. The van der Waals surface area contributed by atoms with Crippen LogP contribution in [0.1, 0.15) is 20.3 Å². The quantitative estimate of drug-likeness (QED) is 0.486. The normalized spacial score (nSPS) is 10.2. The van der Waals surface area contributed by atoms with E-state index < -0.39 is 0 Å². The molecule has 0 aromatic rings. The Bertz CT molecular complexity index is 222. The highest BCUT2D eigenvalue weighted by atomic mass is 32.2. The lowest BCUT2D eigenvalue weighted by molar-refractivity contribution is -0.124. The molecule has 0 aromatic carbocycles. The fourth-order valence-corrected chi connectivity index (χ4v) is 1.12. The van der Waals surface area contributed by atoms with E-state index in [4.69, 9.17) is 4.18 Å². The maximum Gasteiger partial charge on any atom is 0.247 e. The maximum absolute atomic E-state index is 11.2. The molecule has 5 nitrogen and oxygen atoms in total. The first-order valence-electron chi connectivity index (χ1n) is 5.28. The zero-order chi connectivity index (χ0) is 12.4. The van der Waals surface area contributed by atoms with Gasteiger partial charge < -0.3 is 14.8 Å². The van der Waals surface area contributed by atoms with Gasteiger partial charge in [0.15, 0.2) is 0 Å². The molecular weight excluding hydrogens is 228 g/mol. The summed E-state index contributed by atoms with van der Waals surface area (Å²) in [5, 5.41) is 5.47. The third kappa shape index (κ3) is 8.55. The summed E-state index contributed by atoms with van der Waals surface area (Å²) in [5.74, 6) is -0.0915. The van der Waals surface area contributed by atoms with Gasteiger partial charge in [-0.2, -0.15) is 0 Å². The lowest BCUT2D eigenvalue weighted by Gasteiger charge is -2.08. The molecule has 0 radical (unpaired) electrons. The Hall–Kier alpha value is -0.750. The molecule has 0 aliphatic heterocycles. The van der Waals surface area contributed by atoms with E-state index in [0.29, 0.717) is 13.1 Å². The lowest BCUT2D eigenvalue weighted by atomic mass is 10.2. The molecule has 0 unspecified atom stereocenters. The summed E-state index contributed by atoms with van der Waals surface area (Å²) in [7, 11) is 0. The second-order valence-electron chi connectivity index (χ2n) is 3.58. The van der Waals surface area contributed by atoms with E-state index in [1.807, 2.05) is 13.8 Å². The van der Waals surface area contributed by atoms with E-state index in [1.165, 1.54) is 0 Å². The highest BCUT2D eigenvalue weighted by Crippen LogP contribution is 1.92. The number of carbonyl (C=O) groups excluding carboxylic acids is 2. The monoisotopic (exact) mass is 248 g/mol. The van der Waals surface area contributed by atoms with Gasteiger partial charge in [0.25, 0.3) is 0 Å². The molecule has 0 aliphatic carbocycles. The summed E-state index contributed by atoms with van der Waals surface area (Å²) < 4.78 is 4.86. The van der Waals surface area contributed by atoms with Gasteiger partial charge in [-0.05, 0) is 18.5 Å². The Morgan fingerprint density at radius 3 is 2.44 bits per heavy atom. The summed E-state index contributed by atoms with van der Waals surface area (Å²) in [6, 6.07) is 0. The average Bonchev–Trinajstić information content (AvgIpc) is 2.25. The zero-order valence-corrected chi connectivity index (χ0v) is 10.9. The van der Waals surface area contributed by atoms with Crippen LogP contribution in [0.2, 0.25) is 0 Å². The Balaban J connectivity index is 3.33. The highest BCUT2D eigenvalue weighted by molar-refractivity contribution is 7.93. The average molecular weight is 248 g/mol. The van der Waals surface area contributed by atoms with Crippen LogP contribution in [-0.2, 0) is 13.8 Å². The molecule has 2 N–H and O–H groups in total. The molecule has 16 heavy (non-hydrogen) atoms. The zero-order valence-electron chi connectivity index (χ0n) is 10.0. The molecular formula is C10H20N2O3S. The molecule has 94 valence electrons. The number of rotatable bonds is 8. The van der Waals surface area contributed by atoms with Gasteiger partial charge in [0.05, 0.1) is 0 Å². The smallest absolute Gasteiger partial charge is 0.247 e. The van der Waals surface area contributed by atoms with Gasteiger partial charge in [0.2, 0.25) is 11.8 Å². The largest absolute Gasteiger partial charge is 0.356 e. The second-order valence-corrected chi connectivity index (χ2v) is 4.15. The number of hydrogen-bond donors (Lipinski definition) is 2. The number of amides is 2. The van der Waals surface area contributed by atoms with Crippen LogP contribution in [0.25, 0.3) is 0 Å². The first kappa shape index (κ1) is 15.2. The van der Waals surface area contributed by atoms with Crippen LogP contribution in [0.4, 0.5) is 0 Å². The Kier molecular flexibility index (Phi) is 9.03. The summed E-state index contributed by atoms with van der Waals surface area (Å²) in [5.41, 5.74) is 0. The van der Waals surface area contributed by atoms with Crippen molar-refractivity contribution in [3.8, 4) is 0 Å². The van der Waals surface area contributed by atoms with Crippen LogP contribution in [0.5, 0.6) is 0 Å². The standard InChI is InChI=1S/C10H20N2O3S/c1-8(2)10(14)12-6-4-5-11-9(13)7-15-16-3/h8H,4-7H2,1-3H3,(H,11,13)(H,12,14). The lowest BCUT2D eigenvalue weighted by Crippen LogP contribution is -2.32. The van der Waals surface area contributed by atoms with Gasteiger partial charge in [-0.1, -0.05) is 13.8 Å². The Morgan fingerprint density at radius 1 is 1.25 bits per heavy atom. The van der Waals surface area contributed by atoms with Crippen molar-refractivity contribution in [1.29, 1.82) is 0 Å². The van der Waals surface area contributed by atoms with E-state index in [0.717, 1.165) is 18.5 Å². The molecule has 0 heterocycles. The van der Waals surface area contributed by atoms with Crippen molar-refractivity contribution < 1.29 is 13.8 Å². The van der Waals surface area contributed by atoms with Crippen molar-refractivity contribution >= 4 is 23.9 Å². The first-order valence-corrected chi connectivity index (χ1v) is 6.43. The molecule has 0 rings (SSSR count). The minimum atomic E-state index is -0.135. The summed E-state index contributed by atoms with van der Waals surface area (Å²) in [6.45, 7) is 4.89. The van der Waals surface area contributed by atoms with Crippen molar-refractivity contribution in [1.82, 2.24) is 10.6 Å². The molecule has 0 bridgehead atoms. The third-order valence-corrected chi connectivity index (χ3v) is 2.16. The van der Waals surface area contributed by atoms with Crippen LogP contribution < -0.4 is 10.6 Å². The predicted octanol–water partition coefficient (Wildman–Crippen LogP) is 0.559. The minimum Gasteiger partial charge on any atom is -0.356 e. The summed E-state index contributed by atoms with van der Waals surface area (Å²) in [6.07, 6.45) is 2.48. The molecule has 6 heteroatoms. The number of carbonyl (C=O) groups is 2. The second kappa shape index (κ2) is 9.47. The molecule has 0 atom stereocenters. The summed E-state index contributed by atoms with van der Waals surface area (Å²) >= 11 is 1.16. The molecule has 0 fully saturated rings. The molecule has 0 aromatic heterocycles. The number of hydrogen-bond acceptors (Lipinski definition) is 4. The van der Waals surface area contributed by atoms with Crippen LogP contribution in [-0.4, -0.2) is 37.8 Å². The molecule has 2 amide bonds. The van der Waals surface area contributed by atoms with Crippen LogP contribution in [0.15, 0.2) is 0 Å². The van der Waals surface area contributed by atoms with Crippen LogP contribution >= 0.6 is 12.0 Å². The van der Waals surface area contributed by atoms with Crippen molar-refractivity contribution in [3.63, 3.8) is 0 Å². The van der Waals surface area contributed by atoms with Gasteiger partial charge in [-0.15, -0.1) is 0 Å². The van der Waals surface area contributed by atoms with Gasteiger partial charge in [0.1, 0.15) is 6.61 Å². The van der Waals surface area contributed by atoms with Gasteiger partial charge in [0, 0.05) is 25.3 Å². The molecule has 0 saturated carbocycles. The van der Waals surface area contributed by atoms with Crippen LogP contribution in [0.3, 0.4) is 0 Å².